The standard InChI is InChI=1S/C13H8Cl2N2O3S/c14-8-5-6-9(15)13(21)12(8)16(7-18)10-3-1-2-4-11(10)17(19)20/h1-7,21H. The Labute approximate surface area is 135 Å². The second-order valence-electron chi connectivity index (χ2n) is 3.95. The van der Waals surface area contributed by atoms with Gasteiger partial charge in [-0.2, -0.15) is 0 Å². The first-order chi connectivity index (χ1) is 9.97. The van der Waals surface area contributed by atoms with Gasteiger partial charge in [-0.25, -0.2) is 0 Å². The Kier molecular flexibility index (Phi) is 4.72. The van der Waals surface area contributed by atoms with Crippen molar-refractivity contribution >= 4 is 59.3 Å². The fraction of sp³-hybridized carbons (Fsp3) is 0. The number of hydrogen-bond donors (Lipinski definition) is 1. The van der Waals surface area contributed by atoms with Gasteiger partial charge in [0.25, 0.3) is 5.69 Å². The largest absolute Gasteiger partial charge is 0.293 e. The van der Waals surface area contributed by atoms with E-state index in [-0.39, 0.29) is 32.0 Å². The molecule has 0 atom stereocenters. The number of nitro groups is 1. The van der Waals surface area contributed by atoms with Crippen LogP contribution in [0.4, 0.5) is 17.1 Å². The summed E-state index contributed by atoms with van der Waals surface area (Å²) in [5, 5.41) is 11.6. The van der Waals surface area contributed by atoms with Crippen molar-refractivity contribution in [2.24, 2.45) is 0 Å². The lowest BCUT2D eigenvalue weighted by molar-refractivity contribution is -0.384. The number of thiol groups is 1. The third kappa shape index (κ3) is 2.97. The van der Waals surface area contributed by atoms with Crippen LogP contribution < -0.4 is 4.90 Å². The van der Waals surface area contributed by atoms with E-state index in [0.29, 0.717) is 6.41 Å². The molecule has 1 amide bonds. The quantitative estimate of drug-likeness (QED) is 0.385. The van der Waals surface area contributed by atoms with Gasteiger partial charge in [-0.3, -0.25) is 19.8 Å². The van der Waals surface area contributed by atoms with Gasteiger partial charge >= 0.3 is 0 Å². The molecular weight excluding hydrogens is 335 g/mol. The van der Waals surface area contributed by atoms with Crippen LogP contribution in [0.1, 0.15) is 0 Å². The summed E-state index contributed by atoms with van der Waals surface area (Å²) in [6.45, 7) is 0. The van der Waals surface area contributed by atoms with Gasteiger partial charge in [-0.15, -0.1) is 12.6 Å². The van der Waals surface area contributed by atoms with Crippen LogP contribution in [-0.2, 0) is 4.79 Å². The van der Waals surface area contributed by atoms with Crippen molar-refractivity contribution in [1.29, 1.82) is 0 Å². The van der Waals surface area contributed by atoms with E-state index in [1.165, 1.54) is 30.3 Å². The third-order valence-electron chi connectivity index (χ3n) is 2.74. The number of nitrogens with zero attached hydrogens (tertiary/aromatic N) is 2. The Morgan fingerprint density at radius 1 is 1.14 bits per heavy atom. The molecule has 0 aliphatic heterocycles. The zero-order valence-corrected chi connectivity index (χ0v) is 12.8. The third-order valence-corrected chi connectivity index (χ3v) is 3.94. The number of para-hydroxylation sites is 2. The Morgan fingerprint density at radius 2 is 1.76 bits per heavy atom. The van der Waals surface area contributed by atoms with Gasteiger partial charge in [0.1, 0.15) is 5.69 Å². The molecule has 2 aromatic carbocycles. The molecule has 0 spiro atoms. The van der Waals surface area contributed by atoms with Gasteiger partial charge in [-0.1, -0.05) is 35.3 Å². The summed E-state index contributed by atoms with van der Waals surface area (Å²) in [6, 6.07) is 8.84. The molecule has 108 valence electrons. The Morgan fingerprint density at radius 3 is 2.38 bits per heavy atom. The lowest BCUT2D eigenvalue weighted by atomic mass is 10.2. The van der Waals surface area contributed by atoms with Crippen LogP contribution in [0.25, 0.3) is 0 Å². The molecule has 2 rings (SSSR count). The number of amides is 1. The topological polar surface area (TPSA) is 63.5 Å². The van der Waals surface area contributed by atoms with Crippen molar-refractivity contribution in [3.05, 3.63) is 56.6 Å². The summed E-state index contributed by atoms with van der Waals surface area (Å²) in [5.74, 6) is 0. The summed E-state index contributed by atoms with van der Waals surface area (Å²) < 4.78 is 0. The molecule has 0 N–H and O–H groups in total. The molecule has 0 fully saturated rings. The molecule has 0 bridgehead atoms. The van der Waals surface area contributed by atoms with E-state index in [9.17, 15) is 14.9 Å². The van der Waals surface area contributed by atoms with Gasteiger partial charge in [-0.05, 0) is 18.2 Å². The summed E-state index contributed by atoms with van der Waals surface area (Å²) in [6.07, 6.45) is 0.430. The lowest BCUT2D eigenvalue weighted by Gasteiger charge is -2.21. The van der Waals surface area contributed by atoms with Crippen LogP contribution in [0, 0.1) is 10.1 Å². The van der Waals surface area contributed by atoms with Gasteiger partial charge in [0.2, 0.25) is 6.41 Å². The maximum Gasteiger partial charge on any atom is 0.293 e. The number of benzene rings is 2. The second-order valence-corrected chi connectivity index (χ2v) is 5.21. The fourth-order valence-electron chi connectivity index (χ4n) is 1.81. The highest BCUT2D eigenvalue weighted by Crippen LogP contribution is 2.42. The van der Waals surface area contributed by atoms with Crippen molar-refractivity contribution in [3.63, 3.8) is 0 Å². The van der Waals surface area contributed by atoms with Crippen LogP contribution in [0.5, 0.6) is 0 Å². The Hall–Kier alpha value is -1.76. The number of hydrogen-bond acceptors (Lipinski definition) is 4. The molecule has 0 aromatic heterocycles. The zero-order valence-electron chi connectivity index (χ0n) is 10.4. The highest BCUT2D eigenvalue weighted by Gasteiger charge is 2.23. The van der Waals surface area contributed by atoms with Crippen LogP contribution in [0.2, 0.25) is 10.0 Å². The fourth-order valence-corrected chi connectivity index (χ4v) is 2.58. The van der Waals surface area contributed by atoms with E-state index in [0.717, 1.165) is 4.90 Å². The SMILES string of the molecule is O=CN(c1ccccc1[N+](=O)[O-])c1c(Cl)ccc(Cl)c1S. The normalized spacial score (nSPS) is 10.2. The number of anilines is 2. The minimum Gasteiger partial charge on any atom is -0.278 e. The second kappa shape index (κ2) is 6.34. The van der Waals surface area contributed by atoms with Gasteiger partial charge < -0.3 is 0 Å². The molecule has 0 saturated carbocycles. The smallest absolute Gasteiger partial charge is 0.278 e. The average molecular weight is 343 g/mol. The number of rotatable bonds is 4. The number of carbonyl (C=O) groups excluding carboxylic acids is 1. The minimum absolute atomic E-state index is 0.0805. The van der Waals surface area contributed by atoms with Crippen LogP contribution in [0.15, 0.2) is 41.3 Å². The van der Waals surface area contributed by atoms with Crippen LogP contribution in [0.3, 0.4) is 0 Å². The predicted molar refractivity (Wildman–Crippen MR) is 85.0 cm³/mol. The van der Waals surface area contributed by atoms with E-state index in [1.54, 1.807) is 6.07 Å². The number of nitro benzene ring substituents is 1. The van der Waals surface area contributed by atoms with Gasteiger partial charge in [0.05, 0.1) is 20.7 Å². The first kappa shape index (κ1) is 15.6. The average Bonchev–Trinajstić information content (AvgIpc) is 2.47. The van der Waals surface area contributed by atoms with E-state index in [2.05, 4.69) is 12.6 Å². The first-order valence-corrected chi connectivity index (χ1v) is 6.82. The molecule has 0 unspecified atom stereocenters. The molecule has 5 nitrogen and oxygen atoms in total. The van der Waals surface area contributed by atoms with Gasteiger partial charge in [0, 0.05) is 11.0 Å². The highest BCUT2D eigenvalue weighted by molar-refractivity contribution is 7.80. The molecule has 0 heterocycles. The van der Waals surface area contributed by atoms with E-state index >= 15 is 0 Å². The Balaban J connectivity index is 2.70. The summed E-state index contributed by atoms with van der Waals surface area (Å²) >= 11 is 16.3. The van der Waals surface area contributed by atoms with Crippen LogP contribution >= 0.6 is 35.8 Å². The molecule has 2 aromatic rings. The molecule has 0 aliphatic carbocycles. The predicted octanol–water partition coefficient (Wildman–Crippen LogP) is 4.48. The maximum atomic E-state index is 11.5. The van der Waals surface area contributed by atoms with Crippen LogP contribution in [-0.4, -0.2) is 11.3 Å². The number of halogens is 2. The van der Waals surface area contributed by atoms with Crippen molar-refractivity contribution in [3.8, 4) is 0 Å². The first-order valence-electron chi connectivity index (χ1n) is 5.62. The minimum atomic E-state index is -0.581. The van der Waals surface area contributed by atoms with Crippen molar-refractivity contribution in [1.82, 2.24) is 0 Å². The van der Waals surface area contributed by atoms with E-state index in [1.807, 2.05) is 0 Å². The number of carbonyl (C=O) groups is 1. The summed E-state index contributed by atoms with van der Waals surface area (Å²) in [7, 11) is 0. The lowest BCUT2D eigenvalue weighted by Crippen LogP contribution is -2.16. The zero-order chi connectivity index (χ0) is 15.6. The molecule has 21 heavy (non-hydrogen) atoms. The highest BCUT2D eigenvalue weighted by atomic mass is 35.5. The maximum absolute atomic E-state index is 11.5. The van der Waals surface area contributed by atoms with E-state index < -0.39 is 4.92 Å². The van der Waals surface area contributed by atoms with Crippen molar-refractivity contribution in [2.45, 2.75) is 4.90 Å². The molecule has 0 aliphatic rings. The Bertz CT molecular complexity index is 725. The van der Waals surface area contributed by atoms with Crippen molar-refractivity contribution < 1.29 is 9.72 Å². The monoisotopic (exact) mass is 342 g/mol. The summed E-state index contributed by atoms with van der Waals surface area (Å²) in [5.41, 5.74) is 0.0437. The van der Waals surface area contributed by atoms with Crippen molar-refractivity contribution in [2.75, 3.05) is 4.90 Å². The molecule has 8 heteroatoms. The van der Waals surface area contributed by atoms with E-state index in [4.69, 9.17) is 23.2 Å². The molecule has 0 radical (unpaired) electrons. The summed E-state index contributed by atoms with van der Waals surface area (Å²) in [4.78, 5) is 23.3. The molecule has 0 saturated heterocycles. The molecular formula is C13H8Cl2N2O3S. The van der Waals surface area contributed by atoms with Gasteiger partial charge in [0.15, 0.2) is 0 Å².